The Balaban J connectivity index is 1.52. The normalized spacial score (nSPS) is 13.4. The summed E-state index contributed by atoms with van der Waals surface area (Å²) in [6.07, 6.45) is 0. The molecule has 0 aliphatic carbocycles. The van der Waals surface area contributed by atoms with Crippen LogP contribution in [-0.4, -0.2) is 63.3 Å². The van der Waals surface area contributed by atoms with Crippen LogP contribution in [0.3, 0.4) is 0 Å². The highest BCUT2D eigenvalue weighted by Crippen LogP contribution is 2.34. The number of hydrogen-bond acceptors (Lipinski definition) is 8. The van der Waals surface area contributed by atoms with Crippen molar-refractivity contribution in [3.8, 4) is 34.8 Å². The molecule has 1 aliphatic heterocycles. The van der Waals surface area contributed by atoms with Crippen LogP contribution in [0.4, 0.5) is 5.88 Å². The number of methoxy groups -OCH3 is 3. The zero-order valence-electron chi connectivity index (χ0n) is 18.7. The van der Waals surface area contributed by atoms with Gasteiger partial charge in [-0.25, -0.2) is 0 Å². The molecule has 3 aromatic rings. The van der Waals surface area contributed by atoms with Gasteiger partial charge in [-0.1, -0.05) is 12.1 Å². The molecule has 1 fully saturated rings. The van der Waals surface area contributed by atoms with Crippen LogP contribution in [0.1, 0.15) is 16.1 Å². The number of benzene rings is 2. The number of piperazine rings is 1. The van der Waals surface area contributed by atoms with Gasteiger partial charge in [0.05, 0.1) is 26.9 Å². The van der Waals surface area contributed by atoms with Gasteiger partial charge in [0.15, 0.2) is 11.5 Å². The molecule has 1 aliphatic rings. The number of para-hydroxylation sites is 1. The second-order valence-corrected chi connectivity index (χ2v) is 7.33. The van der Waals surface area contributed by atoms with Crippen molar-refractivity contribution in [2.75, 3.05) is 52.4 Å². The van der Waals surface area contributed by atoms with Crippen molar-refractivity contribution in [1.82, 2.24) is 9.88 Å². The zero-order valence-corrected chi connectivity index (χ0v) is 18.7. The quantitative estimate of drug-likeness (QED) is 0.567. The monoisotopic (exact) mass is 448 g/mol. The Morgan fingerprint density at radius 3 is 2.33 bits per heavy atom. The predicted molar refractivity (Wildman–Crippen MR) is 121 cm³/mol. The van der Waals surface area contributed by atoms with E-state index in [4.69, 9.17) is 18.6 Å². The minimum absolute atomic E-state index is 0.0869. The van der Waals surface area contributed by atoms with Crippen LogP contribution in [0, 0.1) is 11.3 Å². The maximum Gasteiger partial charge on any atom is 0.257 e. The highest BCUT2D eigenvalue weighted by molar-refractivity contribution is 5.97. The number of ether oxygens (including phenoxy) is 3. The minimum Gasteiger partial charge on any atom is -0.496 e. The Hall–Kier alpha value is -4.19. The Morgan fingerprint density at radius 2 is 1.67 bits per heavy atom. The number of aromatic nitrogens is 1. The molecule has 0 spiro atoms. The van der Waals surface area contributed by atoms with Crippen LogP contribution in [0.5, 0.6) is 17.2 Å². The lowest BCUT2D eigenvalue weighted by molar-refractivity contribution is 0.0742. The summed E-state index contributed by atoms with van der Waals surface area (Å²) < 4.78 is 21.9. The summed E-state index contributed by atoms with van der Waals surface area (Å²) in [5, 5.41) is 9.62. The fourth-order valence-electron chi connectivity index (χ4n) is 3.80. The standard InChI is InChI=1S/C24H24N4O5/c1-30-19-7-5-4-6-17(19)23(29)27-10-12-28(13-11-27)24-18(15-25)26-22(33-24)16-8-9-20(31-2)21(14-16)32-3/h4-9,14H,10-13H2,1-3H3. The summed E-state index contributed by atoms with van der Waals surface area (Å²) in [5.74, 6) is 2.30. The summed E-state index contributed by atoms with van der Waals surface area (Å²) >= 11 is 0. The van der Waals surface area contributed by atoms with Crippen molar-refractivity contribution in [3.05, 3.63) is 53.7 Å². The first-order valence-corrected chi connectivity index (χ1v) is 10.4. The fourth-order valence-corrected chi connectivity index (χ4v) is 3.80. The van der Waals surface area contributed by atoms with E-state index in [9.17, 15) is 10.1 Å². The first kappa shape index (κ1) is 22.0. The molecule has 0 atom stereocenters. The summed E-state index contributed by atoms with van der Waals surface area (Å²) in [5.41, 5.74) is 1.39. The van der Waals surface area contributed by atoms with Gasteiger partial charge in [0.1, 0.15) is 11.8 Å². The molecule has 170 valence electrons. The first-order chi connectivity index (χ1) is 16.1. The molecule has 0 radical (unpaired) electrons. The summed E-state index contributed by atoms with van der Waals surface area (Å²) in [4.78, 5) is 21.0. The molecule has 0 saturated carbocycles. The van der Waals surface area contributed by atoms with E-state index < -0.39 is 0 Å². The SMILES string of the molecule is COc1ccc(-c2nc(C#N)c(N3CCN(C(=O)c4ccccc4OC)CC3)o2)cc1OC. The van der Waals surface area contributed by atoms with Gasteiger partial charge in [-0.3, -0.25) is 4.79 Å². The largest absolute Gasteiger partial charge is 0.496 e. The van der Waals surface area contributed by atoms with Crippen molar-refractivity contribution in [1.29, 1.82) is 5.26 Å². The summed E-state index contributed by atoms with van der Waals surface area (Å²) in [7, 11) is 4.66. The molecule has 1 amide bonds. The van der Waals surface area contributed by atoms with Crippen LogP contribution < -0.4 is 19.1 Å². The highest BCUT2D eigenvalue weighted by Gasteiger charge is 2.28. The third-order valence-corrected chi connectivity index (χ3v) is 5.54. The third kappa shape index (κ3) is 4.28. The number of hydrogen-bond donors (Lipinski definition) is 0. The van der Waals surface area contributed by atoms with E-state index in [1.54, 1.807) is 56.6 Å². The molecule has 9 nitrogen and oxygen atoms in total. The van der Waals surface area contributed by atoms with Gasteiger partial charge in [0.2, 0.25) is 17.5 Å². The van der Waals surface area contributed by atoms with Gasteiger partial charge in [-0.15, -0.1) is 0 Å². The highest BCUT2D eigenvalue weighted by atomic mass is 16.5. The summed E-state index contributed by atoms with van der Waals surface area (Å²) in [6, 6.07) is 14.6. The van der Waals surface area contributed by atoms with Gasteiger partial charge in [-0.05, 0) is 30.3 Å². The number of rotatable bonds is 6. The molecule has 2 heterocycles. The molecule has 9 heteroatoms. The lowest BCUT2D eigenvalue weighted by Crippen LogP contribution is -2.49. The lowest BCUT2D eigenvalue weighted by atomic mass is 10.1. The van der Waals surface area contributed by atoms with Crippen molar-refractivity contribution >= 4 is 11.8 Å². The van der Waals surface area contributed by atoms with Gasteiger partial charge < -0.3 is 28.4 Å². The van der Waals surface area contributed by atoms with E-state index in [-0.39, 0.29) is 11.6 Å². The molecule has 33 heavy (non-hydrogen) atoms. The Labute approximate surface area is 191 Å². The maximum atomic E-state index is 13.0. The number of oxazole rings is 1. The fraction of sp³-hybridized carbons (Fsp3) is 0.292. The number of carbonyl (C=O) groups excluding carboxylic acids is 1. The second kappa shape index (κ2) is 9.53. The summed E-state index contributed by atoms with van der Waals surface area (Å²) in [6.45, 7) is 1.98. The molecular weight excluding hydrogens is 424 g/mol. The Morgan fingerprint density at radius 1 is 0.970 bits per heavy atom. The predicted octanol–water partition coefficient (Wildman–Crippen LogP) is 3.20. The smallest absolute Gasteiger partial charge is 0.257 e. The molecule has 2 aromatic carbocycles. The maximum absolute atomic E-state index is 13.0. The zero-order chi connectivity index (χ0) is 23.4. The molecule has 1 aromatic heterocycles. The van der Waals surface area contributed by atoms with Crippen molar-refractivity contribution < 1.29 is 23.4 Å². The molecule has 0 unspecified atom stereocenters. The third-order valence-electron chi connectivity index (χ3n) is 5.54. The number of nitriles is 1. The van der Waals surface area contributed by atoms with Gasteiger partial charge >= 0.3 is 0 Å². The number of anilines is 1. The van der Waals surface area contributed by atoms with Crippen LogP contribution >= 0.6 is 0 Å². The molecule has 0 bridgehead atoms. The van der Waals surface area contributed by atoms with Gasteiger partial charge in [0, 0.05) is 31.7 Å². The van der Waals surface area contributed by atoms with Gasteiger partial charge in [0.25, 0.3) is 5.91 Å². The van der Waals surface area contributed by atoms with Crippen molar-refractivity contribution in [3.63, 3.8) is 0 Å². The number of amides is 1. The molecule has 4 rings (SSSR count). The van der Waals surface area contributed by atoms with E-state index in [1.165, 1.54) is 0 Å². The number of carbonyl (C=O) groups is 1. The topological polar surface area (TPSA) is 101 Å². The van der Waals surface area contributed by atoms with Crippen LogP contribution in [0.15, 0.2) is 46.9 Å². The van der Waals surface area contributed by atoms with E-state index in [0.717, 1.165) is 0 Å². The Bertz CT molecular complexity index is 1190. The van der Waals surface area contributed by atoms with Gasteiger partial charge in [-0.2, -0.15) is 10.2 Å². The first-order valence-electron chi connectivity index (χ1n) is 10.4. The lowest BCUT2D eigenvalue weighted by Gasteiger charge is -2.34. The van der Waals surface area contributed by atoms with Crippen molar-refractivity contribution in [2.24, 2.45) is 0 Å². The van der Waals surface area contributed by atoms with E-state index in [2.05, 4.69) is 11.1 Å². The van der Waals surface area contributed by atoms with Crippen LogP contribution in [0.2, 0.25) is 0 Å². The molecular formula is C24H24N4O5. The van der Waals surface area contributed by atoms with E-state index >= 15 is 0 Å². The second-order valence-electron chi connectivity index (χ2n) is 7.33. The average Bonchev–Trinajstić information content (AvgIpc) is 3.32. The average molecular weight is 448 g/mol. The van der Waals surface area contributed by atoms with E-state index in [0.29, 0.717) is 66.3 Å². The van der Waals surface area contributed by atoms with Crippen LogP contribution in [0.25, 0.3) is 11.5 Å². The minimum atomic E-state index is -0.0869. The van der Waals surface area contributed by atoms with Crippen LogP contribution in [-0.2, 0) is 0 Å². The molecule has 0 N–H and O–H groups in total. The van der Waals surface area contributed by atoms with E-state index in [1.807, 2.05) is 17.0 Å². The van der Waals surface area contributed by atoms with Crippen molar-refractivity contribution in [2.45, 2.75) is 0 Å². The molecule has 1 saturated heterocycles. The Kier molecular flexibility index (Phi) is 6.36. The number of nitrogens with zero attached hydrogens (tertiary/aromatic N) is 4.